The number of ether oxygens (including phenoxy) is 1. The van der Waals surface area contributed by atoms with E-state index in [-0.39, 0.29) is 30.0 Å². The summed E-state index contributed by atoms with van der Waals surface area (Å²) < 4.78 is 31.9. The first-order valence-corrected chi connectivity index (χ1v) is 10.4. The van der Waals surface area contributed by atoms with E-state index in [4.69, 9.17) is 4.74 Å². The van der Waals surface area contributed by atoms with Gasteiger partial charge in [-0.25, -0.2) is 8.42 Å². The maximum absolute atomic E-state index is 12.6. The third kappa shape index (κ3) is 6.29. The van der Waals surface area contributed by atoms with Crippen LogP contribution in [0.3, 0.4) is 0 Å². The van der Waals surface area contributed by atoms with E-state index < -0.39 is 10.0 Å². The van der Waals surface area contributed by atoms with Crippen molar-refractivity contribution in [3.8, 4) is 5.75 Å². The molecule has 0 aliphatic heterocycles. The summed E-state index contributed by atoms with van der Waals surface area (Å²) in [7, 11) is -1.94. The molecule has 0 spiro atoms. The quantitative estimate of drug-likeness (QED) is 0.689. The van der Waals surface area contributed by atoms with Gasteiger partial charge in [-0.3, -0.25) is 9.52 Å². The Kier molecular flexibility index (Phi) is 7.24. The predicted octanol–water partition coefficient (Wildman–Crippen LogP) is 2.99. The number of methoxy groups -OCH3 is 1. The van der Waals surface area contributed by atoms with Gasteiger partial charge in [0.25, 0.3) is 0 Å². The van der Waals surface area contributed by atoms with Crippen molar-refractivity contribution in [2.45, 2.75) is 19.8 Å². The Morgan fingerprint density at radius 3 is 2.22 bits per heavy atom. The first-order valence-electron chi connectivity index (χ1n) is 8.79. The molecule has 2 rings (SSSR count). The number of amides is 1. The number of benzene rings is 2. The summed E-state index contributed by atoms with van der Waals surface area (Å²) in [6.45, 7) is 3.96. The van der Waals surface area contributed by atoms with Crippen molar-refractivity contribution in [3.63, 3.8) is 0 Å². The Morgan fingerprint density at radius 1 is 1.04 bits per heavy atom. The van der Waals surface area contributed by atoms with Crippen LogP contribution >= 0.6 is 0 Å². The van der Waals surface area contributed by atoms with Crippen molar-refractivity contribution in [2.75, 3.05) is 24.1 Å². The lowest BCUT2D eigenvalue weighted by Crippen LogP contribution is -2.36. The molecule has 0 saturated heterocycles. The Bertz CT molecular complexity index is 834. The van der Waals surface area contributed by atoms with E-state index in [2.05, 4.69) is 10.0 Å². The summed E-state index contributed by atoms with van der Waals surface area (Å²) in [5, 5.41) is 2.74. The molecule has 0 aliphatic rings. The Labute approximate surface area is 161 Å². The number of rotatable bonds is 9. The van der Waals surface area contributed by atoms with Gasteiger partial charge in [-0.15, -0.1) is 0 Å². The van der Waals surface area contributed by atoms with Crippen LogP contribution in [0.1, 0.15) is 25.3 Å². The molecule has 27 heavy (non-hydrogen) atoms. The lowest BCUT2D eigenvalue weighted by molar-refractivity contribution is -0.123. The largest absolute Gasteiger partial charge is 0.497 e. The second-order valence-electron chi connectivity index (χ2n) is 6.57. The van der Waals surface area contributed by atoms with Gasteiger partial charge in [-0.2, -0.15) is 0 Å². The van der Waals surface area contributed by atoms with Crippen molar-refractivity contribution >= 4 is 21.6 Å². The van der Waals surface area contributed by atoms with E-state index in [1.807, 2.05) is 44.2 Å². The first-order chi connectivity index (χ1) is 12.8. The van der Waals surface area contributed by atoms with Crippen LogP contribution in [0.4, 0.5) is 5.69 Å². The van der Waals surface area contributed by atoms with Crippen LogP contribution in [0.25, 0.3) is 0 Å². The molecule has 7 heteroatoms. The van der Waals surface area contributed by atoms with Gasteiger partial charge in [-0.05, 0) is 35.7 Å². The first kappa shape index (κ1) is 20.8. The average Bonchev–Trinajstić information content (AvgIpc) is 2.62. The van der Waals surface area contributed by atoms with Crippen molar-refractivity contribution < 1.29 is 17.9 Å². The van der Waals surface area contributed by atoms with Gasteiger partial charge in [0.2, 0.25) is 15.9 Å². The van der Waals surface area contributed by atoms with Crippen LogP contribution in [0.2, 0.25) is 0 Å². The zero-order valence-electron chi connectivity index (χ0n) is 15.8. The summed E-state index contributed by atoms with van der Waals surface area (Å²) in [4.78, 5) is 12.6. The number of carbonyl (C=O) groups excluding carboxylic acids is 1. The molecule has 0 bridgehead atoms. The number of anilines is 1. The van der Waals surface area contributed by atoms with Gasteiger partial charge >= 0.3 is 0 Å². The fourth-order valence-corrected chi connectivity index (χ4v) is 3.77. The summed E-state index contributed by atoms with van der Waals surface area (Å²) in [5.41, 5.74) is 1.37. The third-order valence-electron chi connectivity index (χ3n) is 4.14. The Hall–Kier alpha value is -2.54. The number of hydrogen-bond acceptors (Lipinski definition) is 4. The minimum absolute atomic E-state index is 0.0420. The number of para-hydroxylation sites is 1. The normalized spacial score (nSPS) is 12.4. The molecule has 6 nitrogen and oxygen atoms in total. The van der Waals surface area contributed by atoms with Gasteiger partial charge in [-0.1, -0.05) is 44.2 Å². The highest BCUT2D eigenvalue weighted by atomic mass is 32.2. The minimum Gasteiger partial charge on any atom is -0.497 e. The second kappa shape index (κ2) is 9.41. The predicted molar refractivity (Wildman–Crippen MR) is 107 cm³/mol. The fraction of sp³-hybridized carbons (Fsp3) is 0.350. The molecule has 0 fully saturated rings. The van der Waals surface area contributed by atoms with Crippen LogP contribution < -0.4 is 14.8 Å². The van der Waals surface area contributed by atoms with Crippen LogP contribution in [-0.2, 0) is 14.8 Å². The molecule has 0 radical (unpaired) electrons. The molecule has 146 valence electrons. The minimum atomic E-state index is -3.53. The molecule has 2 aromatic carbocycles. The smallest absolute Gasteiger partial charge is 0.234 e. The zero-order chi connectivity index (χ0) is 19.9. The molecule has 1 unspecified atom stereocenters. The maximum Gasteiger partial charge on any atom is 0.234 e. The molecule has 2 N–H and O–H groups in total. The zero-order valence-corrected chi connectivity index (χ0v) is 16.6. The van der Waals surface area contributed by atoms with E-state index in [0.717, 1.165) is 11.3 Å². The number of sulfonamides is 1. The highest BCUT2D eigenvalue weighted by molar-refractivity contribution is 7.92. The molecule has 1 atom stereocenters. The van der Waals surface area contributed by atoms with E-state index in [1.54, 1.807) is 31.4 Å². The summed E-state index contributed by atoms with van der Waals surface area (Å²) in [6, 6.07) is 16.0. The number of hydrogen-bond donors (Lipinski definition) is 2. The molecule has 2 aromatic rings. The Balaban J connectivity index is 1.95. The van der Waals surface area contributed by atoms with Gasteiger partial charge in [0.15, 0.2) is 0 Å². The molecule has 0 heterocycles. The monoisotopic (exact) mass is 390 g/mol. The highest BCUT2D eigenvalue weighted by Gasteiger charge is 2.24. The maximum atomic E-state index is 12.6. The fourth-order valence-electron chi connectivity index (χ4n) is 2.81. The van der Waals surface area contributed by atoms with Crippen molar-refractivity contribution in [2.24, 2.45) is 5.92 Å². The molecule has 0 aromatic heterocycles. The van der Waals surface area contributed by atoms with Gasteiger partial charge in [0, 0.05) is 12.2 Å². The number of carbonyl (C=O) groups is 1. The van der Waals surface area contributed by atoms with E-state index in [9.17, 15) is 13.2 Å². The van der Waals surface area contributed by atoms with Crippen LogP contribution in [-0.4, -0.2) is 33.7 Å². The van der Waals surface area contributed by atoms with E-state index in [1.165, 1.54) is 0 Å². The van der Waals surface area contributed by atoms with E-state index >= 15 is 0 Å². The number of nitrogens with one attached hydrogen (secondary N) is 2. The third-order valence-corrected chi connectivity index (χ3v) is 5.43. The van der Waals surface area contributed by atoms with Gasteiger partial charge in [0.05, 0.1) is 18.8 Å². The van der Waals surface area contributed by atoms with Gasteiger partial charge in [0.1, 0.15) is 5.75 Å². The topological polar surface area (TPSA) is 84.5 Å². The molecule has 0 saturated carbocycles. The molecule has 0 aliphatic carbocycles. The molecular weight excluding hydrogens is 364 g/mol. The Morgan fingerprint density at radius 2 is 1.67 bits per heavy atom. The lowest BCUT2D eigenvalue weighted by atomic mass is 9.87. The summed E-state index contributed by atoms with van der Waals surface area (Å²) in [5.74, 6) is 0.0455. The van der Waals surface area contributed by atoms with Crippen molar-refractivity contribution in [1.29, 1.82) is 0 Å². The molecule has 1 amide bonds. The van der Waals surface area contributed by atoms with Crippen molar-refractivity contribution in [1.82, 2.24) is 5.32 Å². The van der Waals surface area contributed by atoms with Gasteiger partial charge < -0.3 is 10.1 Å². The van der Waals surface area contributed by atoms with Crippen LogP contribution in [0.15, 0.2) is 54.6 Å². The molecular formula is C20H26N2O4S. The van der Waals surface area contributed by atoms with Crippen LogP contribution in [0, 0.1) is 5.92 Å². The standard InChI is InChI=1S/C20H26N2O4S/c1-15(2)19(16-9-11-18(26-3)12-10-16)20(23)21-13-14-27(24,25)22-17-7-5-4-6-8-17/h4-12,15,19,22H,13-14H2,1-3H3,(H,21,23). The lowest BCUT2D eigenvalue weighted by Gasteiger charge is -2.21. The second-order valence-corrected chi connectivity index (χ2v) is 8.41. The SMILES string of the molecule is COc1ccc(C(C(=O)NCCS(=O)(=O)Nc2ccccc2)C(C)C)cc1. The van der Waals surface area contributed by atoms with E-state index in [0.29, 0.717) is 5.69 Å². The average molecular weight is 391 g/mol. The van der Waals surface area contributed by atoms with Crippen LogP contribution in [0.5, 0.6) is 5.75 Å². The summed E-state index contributed by atoms with van der Waals surface area (Å²) in [6.07, 6.45) is 0. The summed E-state index contributed by atoms with van der Waals surface area (Å²) >= 11 is 0. The van der Waals surface area contributed by atoms with Crippen molar-refractivity contribution in [3.05, 3.63) is 60.2 Å². The highest BCUT2D eigenvalue weighted by Crippen LogP contribution is 2.26.